The van der Waals surface area contributed by atoms with Gasteiger partial charge in [-0.1, -0.05) is 18.2 Å². The van der Waals surface area contributed by atoms with Crippen LogP contribution < -0.4 is 5.32 Å². The number of sulfone groups is 1. The lowest BCUT2D eigenvalue weighted by Crippen LogP contribution is -2.11. The Balaban J connectivity index is 0.000000385. The van der Waals surface area contributed by atoms with Crippen molar-refractivity contribution in [1.82, 2.24) is 0 Å². The van der Waals surface area contributed by atoms with Gasteiger partial charge in [-0.2, -0.15) is 0 Å². The van der Waals surface area contributed by atoms with Gasteiger partial charge in [-0.3, -0.25) is 4.79 Å². The molecule has 6 heteroatoms. The van der Waals surface area contributed by atoms with Crippen LogP contribution in [0.5, 0.6) is 0 Å². The summed E-state index contributed by atoms with van der Waals surface area (Å²) in [6.45, 7) is -0.0377. The second-order valence-electron chi connectivity index (χ2n) is 3.26. The molecule has 0 aliphatic rings. The van der Waals surface area contributed by atoms with E-state index in [0.29, 0.717) is 0 Å². The minimum absolute atomic E-state index is 0.0377. The van der Waals surface area contributed by atoms with E-state index in [0.717, 1.165) is 18.2 Å². The Hall–Kier alpha value is -1.56. The SMILES string of the molecule is CS(C)(=O)=O.O=C(O)CNc1ccccc1. The number of carbonyl (C=O) groups is 1. The summed E-state index contributed by atoms with van der Waals surface area (Å²) in [6, 6.07) is 9.23. The maximum absolute atomic E-state index is 10.1. The molecule has 0 aromatic heterocycles. The van der Waals surface area contributed by atoms with Crippen LogP contribution in [0.25, 0.3) is 0 Å². The molecule has 1 aromatic carbocycles. The van der Waals surface area contributed by atoms with Crippen molar-refractivity contribution in [2.24, 2.45) is 0 Å². The zero-order chi connectivity index (χ0) is 12.6. The fraction of sp³-hybridized carbons (Fsp3) is 0.300. The third-order valence-corrected chi connectivity index (χ3v) is 1.22. The largest absolute Gasteiger partial charge is 0.480 e. The average molecular weight is 245 g/mol. The summed E-state index contributed by atoms with van der Waals surface area (Å²) in [7, 11) is -2.67. The van der Waals surface area contributed by atoms with Crippen LogP contribution in [-0.2, 0) is 14.6 Å². The van der Waals surface area contributed by atoms with Crippen molar-refractivity contribution in [1.29, 1.82) is 0 Å². The van der Waals surface area contributed by atoms with Crippen molar-refractivity contribution in [2.45, 2.75) is 0 Å². The van der Waals surface area contributed by atoms with Crippen LogP contribution in [0.4, 0.5) is 5.69 Å². The molecule has 90 valence electrons. The van der Waals surface area contributed by atoms with E-state index in [9.17, 15) is 13.2 Å². The van der Waals surface area contributed by atoms with E-state index in [1.165, 1.54) is 0 Å². The fourth-order valence-electron chi connectivity index (χ4n) is 0.734. The van der Waals surface area contributed by atoms with Gasteiger partial charge in [-0.05, 0) is 12.1 Å². The predicted molar refractivity (Wildman–Crippen MR) is 63.3 cm³/mol. The van der Waals surface area contributed by atoms with Crippen molar-refractivity contribution >= 4 is 21.5 Å². The van der Waals surface area contributed by atoms with Gasteiger partial charge in [0.15, 0.2) is 0 Å². The maximum Gasteiger partial charge on any atom is 0.322 e. The number of anilines is 1. The van der Waals surface area contributed by atoms with Crippen LogP contribution in [0, 0.1) is 0 Å². The highest BCUT2D eigenvalue weighted by Crippen LogP contribution is 2.03. The molecule has 0 saturated heterocycles. The number of para-hydroxylation sites is 1. The second kappa shape index (κ2) is 6.84. The molecule has 0 spiro atoms. The van der Waals surface area contributed by atoms with Crippen molar-refractivity contribution in [3.05, 3.63) is 30.3 Å². The van der Waals surface area contributed by atoms with Gasteiger partial charge in [0.25, 0.3) is 0 Å². The maximum atomic E-state index is 10.1. The first-order valence-corrected chi connectivity index (χ1v) is 6.75. The second-order valence-corrected chi connectivity index (χ2v) is 5.54. The Morgan fingerprint density at radius 1 is 1.25 bits per heavy atom. The molecule has 0 aliphatic carbocycles. The van der Waals surface area contributed by atoms with E-state index >= 15 is 0 Å². The third-order valence-electron chi connectivity index (χ3n) is 1.22. The van der Waals surface area contributed by atoms with Gasteiger partial charge in [-0.25, -0.2) is 8.42 Å². The molecule has 2 N–H and O–H groups in total. The molecule has 1 rings (SSSR count). The molecule has 1 aromatic rings. The fourth-order valence-corrected chi connectivity index (χ4v) is 0.734. The van der Waals surface area contributed by atoms with Crippen LogP contribution in [0.15, 0.2) is 30.3 Å². The number of aliphatic carboxylic acids is 1. The molecule has 0 fully saturated rings. The lowest BCUT2D eigenvalue weighted by Gasteiger charge is -2.00. The summed E-state index contributed by atoms with van der Waals surface area (Å²) < 4.78 is 19.3. The van der Waals surface area contributed by atoms with Gasteiger partial charge in [0.05, 0.1) is 0 Å². The normalized spacial score (nSPS) is 9.88. The van der Waals surface area contributed by atoms with Crippen LogP contribution >= 0.6 is 0 Å². The first-order valence-electron chi connectivity index (χ1n) is 4.45. The molecular weight excluding hydrogens is 230 g/mol. The first-order chi connectivity index (χ1) is 7.29. The standard InChI is InChI=1S/C8H9NO2.C2H6O2S/c10-8(11)6-9-7-4-2-1-3-5-7;1-5(2,3)4/h1-5,9H,6H2,(H,10,11);1-2H3. The zero-order valence-electron chi connectivity index (χ0n) is 9.17. The van der Waals surface area contributed by atoms with E-state index in [-0.39, 0.29) is 6.54 Å². The summed E-state index contributed by atoms with van der Waals surface area (Å²) >= 11 is 0. The Labute approximate surface area is 95.0 Å². The van der Waals surface area contributed by atoms with Crippen LogP contribution in [-0.4, -0.2) is 38.5 Å². The number of carboxylic acid groups (broad SMARTS) is 1. The molecular formula is C10H15NO4S. The highest BCUT2D eigenvalue weighted by atomic mass is 32.2. The van der Waals surface area contributed by atoms with E-state index in [2.05, 4.69) is 5.32 Å². The highest BCUT2D eigenvalue weighted by molar-refractivity contribution is 7.89. The number of benzene rings is 1. The summed E-state index contributed by atoms with van der Waals surface area (Å²) in [5.41, 5.74) is 0.829. The average Bonchev–Trinajstić information content (AvgIpc) is 2.14. The minimum Gasteiger partial charge on any atom is -0.480 e. The quantitative estimate of drug-likeness (QED) is 0.824. The first kappa shape index (κ1) is 14.4. The third kappa shape index (κ3) is 12.4. The van der Waals surface area contributed by atoms with E-state index in [1.54, 1.807) is 0 Å². The van der Waals surface area contributed by atoms with Gasteiger partial charge in [-0.15, -0.1) is 0 Å². The van der Waals surface area contributed by atoms with E-state index < -0.39 is 15.8 Å². The number of hydrogen-bond acceptors (Lipinski definition) is 4. The lowest BCUT2D eigenvalue weighted by molar-refractivity contribution is -0.134. The zero-order valence-corrected chi connectivity index (χ0v) is 9.99. The molecule has 0 atom stereocenters. The molecule has 0 aliphatic heterocycles. The Morgan fingerprint density at radius 2 is 1.69 bits per heavy atom. The van der Waals surface area contributed by atoms with Gasteiger partial charge in [0.2, 0.25) is 0 Å². The molecule has 0 amide bonds. The summed E-state index contributed by atoms with van der Waals surface area (Å²) in [4.78, 5) is 10.1. The smallest absolute Gasteiger partial charge is 0.322 e. The van der Waals surface area contributed by atoms with Crippen LogP contribution in [0.1, 0.15) is 0 Å². The predicted octanol–water partition coefficient (Wildman–Crippen LogP) is 0.844. The number of carboxylic acids is 1. The summed E-state index contributed by atoms with van der Waals surface area (Å²) in [5, 5.41) is 11.1. The monoisotopic (exact) mass is 245 g/mol. The molecule has 0 radical (unpaired) electrons. The Morgan fingerprint density at radius 3 is 2.06 bits per heavy atom. The van der Waals surface area contributed by atoms with Crippen molar-refractivity contribution in [3.63, 3.8) is 0 Å². The molecule has 0 heterocycles. The minimum atomic E-state index is -2.67. The Bertz CT molecular complexity index is 406. The van der Waals surface area contributed by atoms with Crippen molar-refractivity contribution in [2.75, 3.05) is 24.4 Å². The lowest BCUT2D eigenvalue weighted by atomic mass is 10.3. The van der Waals surface area contributed by atoms with Gasteiger partial charge >= 0.3 is 5.97 Å². The topological polar surface area (TPSA) is 83.5 Å². The van der Waals surface area contributed by atoms with Crippen LogP contribution in [0.2, 0.25) is 0 Å². The molecule has 16 heavy (non-hydrogen) atoms. The summed E-state index contributed by atoms with van der Waals surface area (Å²) in [6.07, 6.45) is 2.32. The van der Waals surface area contributed by atoms with Crippen molar-refractivity contribution in [3.8, 4) is 0 Å². The van der Waals surface area contributed by atoms with E-state index in [1.807, 2.05) is 30.3 Å². The van der Waals surface area contributed by atoms with Crippen LogP contribution in [0.3, 0.4) is 0 Å². The molecule has 5 nitrogen and oxygen atoms in total. The highest BCUT2D eigenvalue weighted by Gasteiger charge is 1.94. The molecule has 0 unspecified atom stereocenters. The van der Waals surface area contributed by atoms with Gasteiger partial charge in [0.1, 0.15) is 16.4 Å². The van der Waals surface area contributed by atoms with Crippen molar-refractivity contribution < 1.29 is 18.3 Å². The molecule has 0 bridgehead atoms. The summed E-state index contributed by atoms with van der Waals surface area (Å²) in [5.74, 6) is -0.853. The number of hydrogen-bond donors (Lipinski definition) is 2. The van der Waals surface area contributed by atoms with Gasteiger partial charge in [0, 0.05) is 18.2 Å². The Kier molecular flexibility index (Phi) is 6.17. The number of rotatable bonds is 3. The number of nitrogens with one attached hydrogen (secondary N) is 1. The molecule has 0 saturated carbocycles. The van der Waals surface area contributed by atoms with E-state index in [4.69, 9.17) is 5.11 Å². The van der Waals surface area contributed by atoms with Gasteiger partial charge < -0.3 is 10.4 Å².